The van der Waals surface area contributed by atoms with Gasteiger partial charge in [-0.2, -0.15) is 0 Å². The SMILES string of the molecule is Fc1ccc(CNCCBr)c(Br)c1. The molecule has 0 aliphatic rings. The third-order valence-corrected chi connectivity index (χ3v) is 2.74. The summed E-state index contributed by atoms with van der Waals surface area (Å²) in [5, 5.41) is 4.13. The molecule has 1 N–H and O–H groups in total. The van der Waals surface area contributed by atoms with Gasteiger partial charge in [0.2, 0.25) is 0 Å². The summed E-state index contributed by atoms with van der Waals surface area (Å²) in [4.78, 5) is 0. The molecule has 72 valence electrons. The Morgan fingerprint density at radius 2 is 2.15 bits per heavy atom. The maximum atomic E-state index is 12.7. The zero-order valence-electron chi connectivity index (χ0n) is 6.99. The molecule has 0 heterocycles. The minimum absolute atomic E-state index is 0.212. The second-order valence-corrected chi connectivity index (χ2v) is 4.25. The monoisotopic (exact) mass is 309 g/mol. The molecule has 0 aliphatic heterocycles. The summed E-state index contributed by atoms with van der Waals surface area (Å²) in [6.07, 6.45) is 0. The largest absolute Gasteiger partial charge is 0.312 e. The summed E-state index contributed by atoms with van der Waals surface area (Å²) in [7, 11) is 0. The zero-order chi connectivity index (χ0) is 9.68. The Morgan fingerprint density at radius 1 is 1.38 bits per heavy atom. The minimum Gasteiger partial charge on any atom is -0.312 e. The van der Waals surface area contributed by atoms with Gasteiger partial charge in [-0.25, -0.2) is 4.39 Å². The molecule has 13 heavy (non-hydrogen) atoms. The average molecular weight is 311 g/mol. The van der Waals surface area contributed by atoms with Gasteiger partial charge in [-0.05, 0) is 17.7 Å². The number of benzene rings is 1. The van der Waals surface area contributed by atoms with E-state index in [-0.39, 0.29) is 5.82 Å². The van der Waals surface area contributed by atoms with E-state index in [4.69, 9.17) is 0 Å². The second-order valence-electron chi connectivity index (χ2n) is 2.60. The smallest absolute Gasteiger partial charge is 0.124 e. The molecule has 4 heteroatoms. The molecule has 0 fully saturated rings. The second kappa shape index (κ2) is 5.73. The van der Waals surface area contributed by atoms with Crippen LogP contribution in [0.2, 0.25) is 0 Å². The molecule has 0 atom stereocenters. The lowest BCUT2D eigenvalue weighted by atomic mass is 10.2. The Kier molecular flexibility index (Phi) is 4.91. The standard InChI is InChI=1S/C9H10Br2FN/c10-3-4-13-6-7-1-2-8(12)5-9(7)11/h1-2,5,13H,3-4,6H2. The first kappa shape index (κ1) is 11.1. The molecule has 1 aromatic rings. The van der Waals surface area contributed by atoms with Crippen LogP contribution in [0.4, 0.5) is 4.39 Å². The first-order chi connectivity index (χ1) is 6.24. The number of rotatable bonds is 4. The van der Waals surface area contributed by atoms with Crippen LogP contribution in [0.15, 0.2) is 22.7 Å². The van der Waals surface area contributed by atoms with E-state index in [1.54, 1.807) is 6.07 Å². The zero-order valence-corrected chi connectivity index (χ0v) is 10.2. The Morgan fingerprint density at radius 3 is 2.77 bits per heavy atom. The highest BCUT2D eigenvalue weighted by molar-refractivity contribution is 9.10. The van der Waals surface area contributed by atoms with Gasteiger partial charge in [-0.3, -0.25) is 0 Å². The maximum Gasteiger partial charge on any atom is 0.124 e. The van der Waals surface area contributed by atoms with Crippen molar-refractivity contribution in [3.8, 4) is 0 Å². The lowest BCUT2D eigenvalue weighted by Crippen LogP contribution is -2.15. The van der Waals surface area contributed by atoms with Crippen LogP contribution in [0.3, 0.4) is 0 Å². The van der Waals surface area contributed by atoms with Crippen LogP contribution < -0.4 is 5.32 Å². The fourth-order valence-electron chi connectivity index (χ4n) is 0.955. The van der Waals surface area contributed by atoms with Crippen molar-refractivity contribution in [1.29, 1.82) is 0 Å². The molecular formula is C9H10Br2FN. The minimum atomic E-state index is -0.212. The van der Waals surface area contributed by atoms with E-state index < -0.39 is 0 Å². The van der Waals surface area contributed by atoms with Crippen LogP contribution >= 0.6 is 31.9 Å². The van der Waals surface area contributed by atoms with Crippen molar-refractivity contribution in [2.45, 2.75) is 6.54 Å². The Balaban J connectivity index is 2.56. The first-order valence-electron chi connectivity index (χ1n) is 3.94. The topological polar surface area (TPSA) is 12.0 Å². The van der Waals surface area contributed by atoms with Gasteiger partial charge in [-0.1, -0.05) is 37.9 Å². The molecule has 0 bridgehead atoms. The summed E-state index contributed by atoms with van der Waals surface area (Å²) in [5.74, 6) is -0.212. The summed E-state index contributed by atoms with van der Waals surface area (Å²) in [5.41, 5.74) is 1.07. The van der Waals surface area contributed by atoms with Crippen LogP contribution in [-0.2, 0) is 6.54 Å². The summed E-state index contributed by atoms with van der Waals surface area (Å²) in [6.45, 7) is 1.66. The third-order valence-electron chi connectivity index (χ3n) is 1.60. The molecule has 0 unspecified atom stereocenters. The van der Waals surface area contributed by atoms with Crippen molar-refractivity contribution in [3.05, 3.63) is 34.1 Å². The van der Waals surface area contributed by atoms with E-state index in [0.717, 1.165) is 28.5 Å². The molecule has 0 amide bonds. The number of hydrogen-bond acceptors (Lipinski definition) is 1. The van der Waals surface area contributed by atoms with Gasteiger partial charge in [0.25, 0.3) is 0 Å². The van der Waals surface area contributed by atoms with Crippen molar-refractivity contribution in [2.75, 3.05) is 11.9 Å². The highest BCUT2D eigenvalue weighted by Crippen LogP contribution is 2.17. The van der Waals surface area contributed by atoms with Crippen LogP contribution in [0, 0.1) is 5.82 Å². The molecule has 0 aromatic heterocycles. The number of hydrogen-bond donors (Lipinski definition) is 1. The van der Waals surface area contributed by atoms with Gasteiger partial charge in [0.15, 0.2) is 0 Å². The van der Waals surface area contributed by atoms with E-state index >= 15 is 0 Å². The number of nitrogens with one attached hydrogen (secondary N) is 1. The normalized spacial score (nSPS) is 10.4. The average Bonchev–Trinajstić information content (AvgIpc) is 2.09. The quantitative estimate of drug-likeness (QED) is 0.666. The lowest BCUT2D eigenvalue weighted by molar-refractivity contribution is 0.624. The van der Waals surface area contributed by atoms with Crippen LogP contribution in [-0.4, -0.2) is 11.9 Å². The maximum absolute atomic E-state index is 12.7. The number of halogens is 3. The summed E-state index contributed by atoms with van der Waals surface area (Å²) >= 11 is 6.63. The van der Waals surface area contributed by atoms with Crippen molar-refractivity contribution in [3.63, 3.8) is 0 Å². The van der Waals surface area contributed by atoms with E-state index in [0.29, 0.717) is 0 Å². The Hall–Kier alpha value is 0.0700. The van der Waals surface area contributed by atoms with E-state index in [9.17, 15) is 4.39 Å². The highest BCUT2D eigenvalue weighted by Gasteiger charge is 2.00. The van der Waals surface area contributed by atoms with Gasteiger partial charge < -0.3 is 5.32 Å². The summed E-state index contributed by atoms with van der Waals surface area (Å²) < 4.78 is 13.5. The van der Waals surface area contributed by atoms with E-state index in [2.05, 4.69) is 37.2 Å². The molecule has 0 aliphatic carbocycles. The van der Waals surface area contributed by atoms with Gasteiger partial charge in [-0.15, -0.1) is 0 Å². The molecule has 0 radical (unpaired) electrons. The molecule has 0 spiro atoms. The molecule has 0 saturated carbocycles. The van der Waals surface area contributed by atoms with Gasteiger partial charge >= 0.3 is 0 Å². The fraction of sp³-hybridized carbons (Fsp3) is 0.333. The lowest BCUT2D eigenvalue weighted by Gasteiger charge is -2.05. The van der Waals surface area contributed by atoms with Gasteiger partial charge in [0.1, 0.15) is 5.82 Å². The summed E-state index contributed by atoms with van der Waals surface area (Å²) in [6, 6.07) is 4.72. The van der Waals surface area contributed by atoms with Crippen molar-refractivity contribution < 1.29 is 4.39 Å². The highest BCUT2D eigenvalue weighted by atomic mass is 79.9. The molecule has 1 rings (SSSR count). The van der Waals surface area contributed by atoms with E-state index in [1.165, 1.54) is 12.1 Å². The number of alkyl halides is 1. The van der Waals surface area contributed by atoms with Crippen molar-refractivity contribution in [1.82, 2.24) is 5.32 Å². The van der Waals surface area contributed by atoms with Crippen molar-refractivity contribution in [2.24, 2.45) is 0 Å². The van der Waals surface area contributed by atoms with Crippen LogP contribution in [0.25, 0.3) is 0 Å². The van der Waals surface area contributed by atoms with E-state index in [1.807, 2.05) is 0 Å². The molecule has 1 nitrogen and oxygen atoms in total. The Bertz CT molecular complexity index is 278. The van der Waals surface area contributed by atoms with Crippen LogP contribution in [0.1, 0.15) is 5.56 Å². The predicted octanol–water partition coefficient (Wildman–Crippen LogP) is 3.07. The van der Waals surface area contributed by atoms with Crippen molar-refractivity contribution >= 4 is 31.9 Å². The first-order valence-corrected chi connectivity index (χ1v) is 5.86. The predicted molar refractivity (Wildman–Crippen MR) is 59.6 cm³/mol. The third kappa shape index (κ3) is 3.75. The Labute approximate surface area is 94.0 Å². The van der Waals surface area contributed by atoms with Gasteiger partial charge in [0.05, 0.1) is 0 Å². The molecule has 1 aromatic carbocycles. The van der Waals surface area contributed by atoms with Gasteiger partial charge in [0, 0.05) is 22.9 Å². The molecule has 0 saturated heterocycles. The van der Waals surface area contributed by atoms with Crippen LogP contribution in [0.5, 0.6) is 0 Å². The molecular weight excluding hydrogens is 301 g/mol. The fourth-order valence-corrected chi connectivity index (χ4v) is 1.73.